The normalized spacial score (nSPS) is 11.9. The molecule has 0 saturated heterocycles. The highest BCUT2D eigenvalue weighted by atomic mass is 35.5. The maximum absolute atomic E-state index is 11.5. The van der Waals surface area contributed by atoms with Crippen LogP contribution in [-0.2, 0) is 14.3 Å². The van der Waals surface area contributed by atoms with Gasteiger partial charge in [0.1, 0.15) is 5.70 Å². The Balaban J connectivity index is 2.25. The van der Waals surface area contributed by atoms with E-state index in [0.29, 0.717) is 10.0 Å². The van der Waals surface area contributed by atoms with Crippen LogP contribution in [0.1, 0.15) is 12.6 Å². The molecule has 7 heteroatoms. The van der Waals surface area contributed by atoms with E-state index in [1.807, 2.05) is 6.07 Å². The third kappa shape index (κ3) is 4.37. The van der Waals surface area contributed by atoms with E-state index in [1.54, 1.807) is 24.3 Å². The fourth-order valence-electron chi connectivity index (χ4n) is 1.95. The molecule has 0 fully saturated rings. The summed E-state index contributed by atoms with van der Waals surface area (Å²) >= 11 is 11.9. The van der Waals surface area contributed by atoms with E-state index in [-0.39, 0.29) is 11.6 Å². The molecule has 0 radical (unpaired) electrons. The van der Waals surface area contributed by atoms with Crippen molar-refractivity contribution in [1.29, 1.82) is 0 Å². The first kappa shape index (κ1) is 17.1. The minimum absolute atomic E-state index is 0.0541. The molecule has 1 heterocycles. The van der Waals surface area contributed by atoms with Gasteiger partial charge in [0, 0.05) is 23.5 Å². The Morgan fingerprint density at radius 3 is 2.57 bits per heavy atom. The molecule has 0 saturated carbocycles. The second-order valence-corrected chi connectivity index (χ2v) is 5.50. The number of benzene rings is 1. The third-order valence-electron chi connectivity index (χ3n) is 2.94. The number of aromatic nitrogens is 1. The van der Waals surface area contributed by atoms with Crippen molar-refractivity contribution in [2.45, 2.75) is 6.92 Å². The summed E-state index contributed by atoms with van der Waals surface area (Å²) in [6.45, 7) is 1.31. The van der Waals surface area contributed by atoms with Crippen molar-refractivity contribution in [3.8, 4) is 0 Å². The van der Waals surface area contributed by atoms with Crippen LogP contribution in [0, 0.1) is 0 Å². The number of H-pyrrole nitrogens is 1. The summed E-state index contributed by atoms with van der Waals surface area (Å²) in [6, 6.07) is 5.39. The highest BCUT2D eigenvalue weighted by molar-refractivity contribution is 6.42. The van der Waals surface area contributed by atoms with Crippen molar-refractivity contribution in [3.63, 3.8) is 0 Å². The molecule has 0 aliphatic carbocycles. The van der Waals surface area contributed by atoms with E-state index in [0.717, 1.165) is 16.6 Å². The van der Waals surface area contributed by atoms with Crippen LogP contribution in [0.2, 0.25) is 10.0 Å². The third-order valence-corrected chi connectivity index (χ3v) is 3.66. The minimum Gasteiger partial charge on any atom is -0.464 e. The smallest absolute Gasteiger partial charge is 0.354 e. The molecule has 2 aromatic rings. The van der Waals surface area contributed by atoms with Crippen LogP contribution in [0.3, 0.4) is 0 Å². The molecule has 1 aromatic carbocycles. The summed E-state index contributed by atoms with van der Waals surface area (Å²) < 4.78 is 4.60. The number of methoxy groups -OCH3 is 1. The fraction of sp³-hybridized carbons (Fsp3) is 0.125. The number of ether oxygens (including phenoxy) is 1. The van der Waals surface area contributed by atoms with Crippen molar-refractivity contribution in [2.24, 2.45) is 0 Å². The Hall–Kier alpha value is -2.24. The van der Waals surface area contributed by atoms with Gasteiger partial charge in [0.15, 0.2) is 0 Å². The van der Waals surface area contributed by atoms with Crippen LogP contribution in [0.25, 0.3) is 17.0 Å². The van der Waals surface area contributed by atoms with Gasteiger partial charge in [0.05, 0.1) is 17.2 Å². The SMILES string of the molecule is COC(=O)/C(=C/C=C/c1cc2cc(Cl)c(Cl)cc2[nH]1)NC(C)=O. The van der Waals surface area contributed by atoms with Gasteiger partial charge < -0.3 is 15.0 Å². The van der Waals surface area contributed by atoms with Gasteiger partial charge in [-0.2, -0.15) is 0 Å². The Morgan fingerprint density at radius 2 is 1.91 bits per heavy atom. The summed E-state index contributed by atoms with van der Waals surface area (Å²) in [5.41, 5.74) is 1.69. The molecule has 23 heavy (non-hydrogen) atoms. The maximum Gasteiger partial charge on any atom is 0.354 e. The summed E-state index contributed by atoms with van der Waals surface area (Å²) in [7, 11) is 1.24. The predicted molar refractivity (Wildman–Crippen MR) is 91.3 cm³/mol. The average molecular weight is 353 g/mol. The Bertz CT molecular complexity index is 783. The first-order chi connectivity index (χ1) is 10.9. The predicted octanol–water partition coefficient (Wildman–Crippen LogP) is 3.68. The molecule has 120 valence electrons. The van der Waals surface area contributed by atoms with E-state index in [1.165, 1.54) is 20.1 Å². The van der Waals surface area contributed by atoms with E-state index < -0.39 is 5.97 Å². The summed E-state index contributed by atoms with van der Waals surface area (Å²) in [5.74, 6) is -0.981. The van der Waals surface area contributed by atoms with E-state index in [2.05, 4.69) is 15.0 Å². The maximum atomic E-state index is 11.5. The van der Waals surface area contributed by atoms with E-state index in [9.17, 15) is 9.59 Å². The van der Waals surface area contributed by atoms with Crippen molar-refractivity contribution in [1.82, 2.24) is 10.3 Å². The lowest BCUT2D eigenvalue weighted by molar-refractivity contribution is -0.137. The van der Waals surface area contributed by atoms with Gasteiger partial charge in [-0.25, -0.2) is 4.79 Å². The molecule has 0 atom stereocenters. The lowest BCUT2D eigenvalue weighted by atomic mass is 10.2. The monoisotopic (exact) mass is 352 g/mol. The fourth-order valence-corrected chi connectivity index (χ4v) is 2.28. The number of hydrogen-bond acceptors (Lipinski definition) is 3. The molecule has 0 aliphatic heterocycles. The first-order valence-corrected chi connectivity index (χ1v) is 7.38. The lowest BCUT2D eigenvalue weighted by Crippen LogP contribution is -2.25. The number of esters is 1. The quantitative estimate of drug-likeness (QED) is 0.500. The van der Waals surface area contributed by atoms with Crippen LogP contribution in [0.4, 0.5) is 0 Å². The molecule has 0 aliphatic rings. The molecule has 0 unspecified atom stereocenters. The number of carbonyl (C=O) groups is 2. The largest absolute Gasteiger partial charge is 0.464 e. The zero-order chi connectivity index (χ0) is 17.0. The number of halogens is 2. The first-order valence-electron chi connectivity index (χ1n) is 6.62. The number of rotatable bonds is 4. The minimum atomic E-state index is -0.625. The zero-order valence-electron chi connectivity index (χ0n) is 12.4. The average Bonchev–Trinajstić information content (AvgIpc) is 2.87. The van der Waals surface area contributed by atoms with Crippen LogP contribution in [-0.4, -0.2) is 24.0 Å². The van der Waals surface area contributed by atoms with Crippen LogP contribution in [0.15, 0.2) is 36.0 Å². The number of amides is 1. The van der Waals surface area contributed by atoms with Crippen molar-refractivity contribution >= 4 is 52.1 Å². The van der Waals surface area contributed by atoms with Crippen molar-refractivity contribution in [3.05, 3.63) is 51.8 Å². The van der Waals surface area contributed by atoms with E-state index in [4.69, 9.17) is 23.2 Å². The summed E-state index contributed by atoms with van der Waals surface area (Å²) in [6.07, 6.45) is 4.82. The van der Waals surface area contributed by atoms with Crippen molar-refractivity contribution < 1.29 is 14.3 Å². The summed E-state index contributed by atoms with van der Waals surface area (Å²) in [5, 5.41) is 4.27. The van der Waals surface area contributed by atoms with Gasteiger partial charge in [-0.1, -0.05) is 29.3 Å². The van der Waals surface area contributed by atoms with E-state index >= 15 is 0 Å². The molecule has 1 amide bonds. The highest BCUT2D eigenvalue weighted by Gasteiger charge is 2.09. The lowest BCUT2D eigenvalue weighted by Gasteiger charge is -2.03. The number of fused-ring (bicyclic) bond motifs is 1. The van der Waals surface area contributed by atoms with Crippen LogP contribution < -0.4 is 5.32 Å². The molecular weight excluding hydrogens is 339 g/mol. The van der Waals surface area contributed by atoms with Crippen molar-refractivity contribution in [2.75, 3.05) is 7.11 Å². The Morgan fingerprint density at radius 1 is 1.22 bits per heavy atom. The molecule has 2 rings (SSSR count). The number of nitrogens with one attached hydrogen (secondary N) is 2. The highest BCUT2D eigenvalue weighted by Crippen LogP contribution is 2.28. The molecule has 5 nitrogen and oxygen atoms in total. The molecule has 2 N–H and O–H groups in total. The number of hydrogen-bond donors (Lipinski definition) is 2. The topological polar surface area (TPSA) is 71.2 Å². The molecule has 0 spiro atoms. The van der Waals surface area contributed by atoms with Gasteiger partial charge in [0.25, 0.3) is 0 Å². The van der Waals surface area contributed by atoms with Crippen LogP contribution in [0.5, 0.6) is 0 Å². The molecule has 1 aromatic heterocycles. The molecule has 0 bridgehead atoms. The van der Waals surface area contributed by atoms with Gasteiger partial charge >= 0.3 is 5.97 Å². The zero-order valence-corrected chi connectivity index (χ0v) is 14.0. The Labute approximate surface area is 142 Å². The Kier molecular flexibility index (Phi) is 5.47. The van der Waals surface area contributed by atoms with Gasteiger partial charge in [-0.05, 0) is 30.4 Å². The molecular formula is C16H14Cl2N2O3. The van der Waals surface area contributed by atoms with Gasteiger partial charge in [-0.15, -0.1) is 0 Å². The summed E-state index contributed by atoms with van der Waals surface area (Å²) in [4.78, 5) is 25.8. The van der Waals surface area contributed by atoms with Gasteiger partial charge in [0.2, 0.25) is 5.91 Å². The standard InChI is InChI=1S/C16H14Cl2N2O3/c1-9(21)19-14(16(22)23-2)5-3-4-11-6-10-7-12(17)13(18)8-15(10)20-11/h3-8,20H,1-2H3,(H,19,21)/b4-3+,14-5-. The second-order valence-electron chi connectivity index (χ2n) is 4.69. The second kappa shape index (κ2) is 7.35. The van der Waals surface area contributed by atoms with Crippen LogP contribution >= 0.6 is 23.2 Å². The number of aromatic amines is 1. The number of allylic oxidation sites excluding steroid dienone is 2. The van der Waals surface area contributed by atoms with Gasteiger partial charge in [-0.3, -0.25) is 4.79 Å². The number of carbonyl (C=O) groups excluding carboxylic acids is 2.